The minimum absolute atomic E-state index is 0.0215. The van der Waals surface area contributed by atoms with Crippen LogP contribution in [0.3, 0.4) is 0 Å². The van der Waals surface area contributed by atoms with Crippen molar-refractivity contribution in [1.82, 2.24) is 19.5 Å². The summed E-state index contributed by atoms with van der Waals surface area (Å²) in [6.07, 6.45) is -3.83. The molecule has 0 radical (unpaired) electrons. The number of aromatic amines is 1. The van der Waals surface area contributed by atoms with E-state index in [1.54, 1.807) is 0 Å². The van der Waals surface area contributed by atoms with Gasteiger partial charge < -0.3 is 25.6 Å². The quantitative estimate of drug-likeness (QED) is 0.426. The van der Waals surface area contributed by atoms with Crippen molar-refractivity contribution in [2.24, 2.45) is 0 Å². The molecule has 0 spiro atoms. The molecular weight excluding hydrogens is 333 g/mol. The number of anilines is 1. The zero-order chi connectivity index (χ0) is 16.7. The van der Waals surface area contributed by atoms with Crippen LogP contribution in [0.25, 0.3) is 11.2 Å². The Kier molecular flexibility index (Phi) is 4.10. The number of rotatable bonds is 4. The standard InChI is InChI=1S/C10H12N5O7P/c11-10-13-7-4(8(18)14-10)12-2-15(7)9-6(17)5(16)3(22-9)1-21-23(19)20/h2-3,5-6,9,16-17H,1H2,(H3,11,13,14,18). The number of nitrogens with one attached hydrogen (secondary N) is 1. The smallest absolute Gasteiger partial charge is 0.488 e. The molecule has 5 atom stereocenters. The molecule has 23 heavy (non-hydrogen) atoms. The first-order valence-corrected chi connectivity index (χ1v) is 7.49. The highest BCUT2D eigenvalue weighted by atomic mass is 31.1. The van der Waals surface area contributed by atoms with Gasteiger partial charge in [0.1, 0.15) is 24.9 Å². The molecule has 2 aromatic rings. The number of nitrogens with two attached hydrogens (primary N) is 1. The van der Waals surface area contributed by atoms with Gasteiger partial charge in [-0.2, -0.15) is 4.98 Å². The van der Waals surface area contributed by atoms with Crippen LogP contribution >= 0.6 is 8.25 Å². The molecule has 1 saturated heterocycles. The van der Waals surface area contributed by atoms with E-state index in [4.69, 9.17) is 10.5 Å². The molecule has 0 aliphatic carbocycles. The highest BCUT2D eigenvalue weighted by Crippen LogP contribution is 2.32. The summed E-state index contributed by atoms with van der Waals surface area (Å²) in [5.74, 6) is -0.152. The highest BCUT2D eigenvalue weighted by molar-refractivity contribution is 7.30. The lowest BCUT2D eigenvalue weighted by Gasteiger charge is -2.16. The predicted molar refractivity (Wildman–Crippen MR) is 72.0 cm³/mol. The molecular formula is C10H12N5O7P. The summed E-state index contributed by atoms with van der Waals surface area (Å²) in [5.41, 5.74) is 4.94. The van der Waals surface area contributed by atoms with Crippen LogP contribution in [0.5, 0.6) is 0 Å². The molecule has 3 heterocycles. The summed E-state index contributed by atoms with van der Waals surface area (Å²) < 4.78 is 21.5. The van der Waals surface area contributed by atoms with Crippen molar-refractivity contribution in [2.45, 2.75) is 24.5 Å². The Balaban J connectivity index is 1.93. The Morgan fingerprint density at radius 3 is 2.96 bits per heavy atom. The van der Waals surface area contributed by atoms with Gasteiger partial charge in [0, 0.05) is 0 Å². The van der Waals surface area contributed by atoms with Crippen molar-refractivity contribution in [3.63, 3.8) is 0 Å². The number of aliphatic hydroxyl groups is 2. The van der Waals surface area contributed by atoms with Gasteiger partial charge in [-0.15, -0.1) is 4.52 Å². The molecule has 0 bridgehead atoms. The first-order valence-electron chi connectivity index (χ1n) is 6.39. The van der Waals surface area contributed by atoms with Crippen molar-refractivity contribution in [3.05, 3.63) is 16.7 Å². The molecule has 2 aromatic heterocycles. The van der Waals surface area contributed by atoms with Crippen LogP contribution in [0.2, 0.25) is 0 Å². The first-order chi connectivity index (χ1) is 10.9. The normalized spacial score (nSPS) is 28.4. The third kappa shape index (κ3) is 2.83. The van der Waals surface area contributed by atoms with Crippen LogP contribution in [-0.2, 0) is 13.8 Å². The number of hydrogen-bond acceptors (Lipinski definition) is 10. The lowest BCUT2D eigenvalue weighted by Crippen LogP contribution is -2.33. The van der Waals surface area contributed by atoms with Crippen molar-refractivity contribution < 1.29 is 28.9 Å². The van der Waals surface area contributed by atoms with Crippen LogP contribution in [0.4, 0.5) is 5.95 Å². The van der Waals surface area contributed by atoms with Crippen molar-refractivity contribution in [3.8, 4) is 0 Å². The molecule has 0 aromatic carbocycles. The molecule has 3 rings (SSSR count). The number of nitrogens with zero attached hydrogens (tertiary/aromatic N) is 3. The summed E-state index contributed by atoms with van der Waals surface area (Å²) in [7, 11) is -3.11. The second-order valence-corrected chi connectivity index (χ2v) is 5.55. The third-order valence-electron chi connectivity index (χ3n) is 3.41. The van der Waals surface area contributed by atoms with E-state index in [9.17, 15) is 24.5 Å². The zero-order valence-electron chi connectivity index (χ0n) is 11.4. The molecule has 0 saturated carbocycles. The first kappa shape index (κ1) is 15.9. The van der Waals surface area contributed by atoms with Crippen LogP contribution in [0.1, 0.15) is 6.23 Å². The van der Waals surface area contributed by atoms with Gasteiger partial charge in [-0.1, -0.05) is 0 Å². The van der Waals surface area contributed by atoms with Crippen LogP contribution in [0, 0.1) is 0 Å². The fraction of sp³-hybridized carbons (Fsp3) is 0.500. The summed E-state index contributed by atoms with van der Waals surface area (Å²) in [4.78, 5) is 32.2. The number of hydrogen-bond donors (Lipinski definition) is 4. The van der Waals surface area contributed by atoms with E-state index in [0.29, 0.717) is 0 Å². The predicted octanol–water partition coefficient (Wildman–Crippen LogP) is -2.64. The summed E-state index contributed by atoms with van der Waals surface area (Å²) in [6.45, 7) is -0.462. The number of imidazole rings is 1. The van der Waals surface area contributed by atoms with Gasteiger partial charge in [0.2, 0.25) is 5.95 Å². The number of H-pyrrole nitrogens is 1. The van der Waals surface area contributed by atoms with Gasteiger partial charge in [-0.25, -0.2) is 4.98 Å². The van der Waals surface area contributed by atoms with Crippen molar-refractivity contribution >= 4 is 25.4 Å². The lowest BCUT2D eigenvalue weighted by molar-refractivity contribution is -0.188. The third-order valence-corrected chi connectivity index (χ3v) is 3.77. The average molecular weight is 345 g/mol. The number of aromatic nitrogens is 4. The molecule has 1 aliphatic heterocycles. The summed E-state index contributed by atoms with van der Waals surface area (Å²) in [6, 6.07) is 0. The molecule has 5 N–H and O–H groups in total. The van der Waals surface area contributed by atoms with Crippen LogP contribution in [-0.4, -0.2) is 54.7 Å². The van der Waals surface area contributed by atoms with E-state index in [-0.39, 0.29) is 17.1 Å². The number of nitrogen functional groups attached to an aromatic ring is 1. The number of aliphatic hydroxyl groups excluding tert-OH is 2. The maximum absolute atomic E-state index is 11.7. The van der Waals surface area contributed by atoms with Gasteiger partial charge in [-0.05, 0) is 4.57 Å². The van der Waals surface area contributed by atoms with E-state index >= 15 is 0 Å². The second kappa shape index (κ2) is 5.92. The van der Waals surface area contributed by atoms with Crippen molar-refractivity contribution in [2.75, 3.05) is 12.3 Å². The Morgan fingerprint density at radius 2 is 2.26 bits per heavy atom. The van der Waals surface area contributed by atoms with Gasteiger partial charge in [0.25, 0.3) is 5.56 Å². The molecule has 13 heteroatoms. The van der Waals surface area contributed by atoms with E-state index in [1.807, 2.05) is 0 Å². The Labute approximate surface area is 128 Å². The molecule has 5 unspecified atom stereocenters. The van der Waals surface area contributed by atoms with Gasteiger partial charge in [0.05, 0.1) is 6.33 Å². The maximum atomic E-state index is 11.7. The van der Waals surface area contributed by atoms with Gasteiger partial charge >= 0.3 is 8.25 Å². The van der Waals surface area contributed by atoms with Gasteiger partial charge in [0.15, 0.2) is 17.4 Å². The van der Waals surface area contributed by atoms with E-state index in [0.717, 1.165) is 0 Å². The molecule has 0 amide bonds. The average Bonchev–Trinajstić information content (AvgIpc) is 3.00. The second-order valence-electron chi connectivity index (χ2n) is 4.84. The fourth-order valence-corrected chi connectivity index (χ4v) is 2.63. The lowest BCUT2D eigenvalue weighted by atomic mass is 10.1. The summed E-state index contributed by atoms with van der Waals surface area (Å²) >= 11 is 0. The largest absolute Gasteiger partial charge is 0.566 e. The minimum Gasteiger partial charge on any atom is -0.566 e. The fourth-order valence-electron chi connectivity index (χ4n) is 2.36. The molecule has 12 nitrogen and oxygen atoms in total. The van der Waals surface area contributed by atoms with E-state index in [2.05, 4.69) is 19.5 Å². The zero-order valence-corrected chi connectivity index (χ0v) is 12.3. The van der Waals surface area contributed by atoms with E-state index in [1.165, 1.54) is 10.9 Å². The molecule has 1 fully saturated rings. The van der Waals surface area contributed by atoms with Gasteiger partial charge in [-0.3, -0.25) is 14.3 Å². The Morgan fingerprint density at radius 1 is 1.52 bits per heavy atom. The molecule has 1 aliphatic rings. The van der Waals surface area contributed by atoms with E-state index < -0.39 is 45.0 Å². The number of fused-ring (bicyclic) bond motifs is 1. The number of ether oxygens (including phenoxy) is 1. The maximum Gasteiger partial charge on any atom is 0.488 e. The summed E-state index contributed by atoms with van der Waals surface area (Å²) in [5, 5.41) is 20.0. The topological polar surface area (TPSA) is 189 Å². The minimum atomic E-state index is -3.11. The highest BCUT2D eigenvalue weighted by Gasteiger charge is 2.45. The SMILES string of the molecule is Nc1nc2c(ncn2C2OC(CO[P+](=O)[O-])C(O)C2O)c(=O)[nH]1. The molecule has 124 valence electrons. The van der Waals surface area contributed by atoms with Crippen LogP contribution < -0.4 is 16.2 Å². The Bertz CT molecular complexity index is 806. The Hall–Kier alpha value is -1.95. The monoisotopic (exact) mass is 345 g/mol. The van der Waals surface area contributed by atoms with Crippen molar-refractivity contribution in [1.29, 1.82) is 0 Å². The van der Waals surface area contributed by atoms with Crippen LogP contribution in [0.15, 0.2) is 11.1 Å².